The maximum atomic E-state index is 16.9. The van der Waals surface area contributed by atoms with Gasteiger partial charge in [-0.05, 0) is 61.6 Å². The fourth-order valence-electron chi connectivity index (χ4n) is 8.08. The van der Waals surface area contributed by atoms with Gasteiger partial charge in [-0.15, -0.1) is 0 Å². The second kappa shape index (κ2) is 11.0. The Morgan fingerprint density at radius 3 is 2.89 bits per heavy atom. The molecule has 0 saturated carbocycles. The highest BCUT2D eigenvalue weighted by atomic mass is 19.1. The van der Waals surface area contributed by atoms with E-state index in [1.54, 1.807) is 24.4 Å². The molecule has 5 aliphatic heterocycles. The van der Waals surface area contributed by atoms with Crippen LogP contribution in [0.5, 0.6) is 6.01 Å². The van der Waals surface area contributed by atoms with Gasteiger partial charge in [-0.2, -0.15) is 9.97 Å². The molecule has 3 fully saturated rings. The van der Waals surface area contributed by atoms with Gasteiger partial charge < -0.3 is 19.7 Å². The molecule has 3 atom stereocenters. The molecule has 0 unspecified atom stereocenters. The van der Waals surface area contributed by atoms with Gasteiger partial charge in [0.25, 0.3) is 0 Å². The fourth-order valence-corrected chi connectivity index (χ4v) is 8.08. The molecule has 4 aromatic rings. The van der Waals surface area contributed by atoms with Gasteiger partial charge in [-0.25, -0.2) is 18.0 Å². The monoisotopic (exact) mass is 632 g/mol. The Hall–Kier alpha value is -4.19. The number of piperidine rings is 1. The Bertz CT molecular complexity index is 1880. The minimum Gasteiger partial charge on any atom is -0.461 e. The van der Waals surface area contributed by atoms with Crippen LogP contribution in [0.3, 0.4) is 0 Å². The Morgan fingerprint density at radius 2 is 2.00 bits per heavy atom. The van der Waals surface area contributed by atoms with Crippen molar-refractivity contribution in [3.8, 4) is 17.3 Å². The number of fused-ring (bicyclic) bond motifs is 6. The molecule has 9 nitrogen and oxygen atoms in total. The van der Waals surface area contributed by atoms with Gasteiger partial charge in [0.2, 0.25) is 0 Å². The molecule has 3 saturated heterocycles. The van der Waals surface area contributed by atoms with Crippen LogP contribution in [0.2, 0.25) is 0 Å². The first-order valence-electron chi connectivity index (χ1n) is 16.0. The van der Waals surface area contributed by atoms with Crippen molar-refractivity contribution in [2.24, 2.45) is 0 Å². The lowest BCUT2D eigenvalue weighted by Crippen LogP contribution is -2.57. The molecule has 1 amide bonds. The Balaban J connectivity index is 1.31. The van der Waals surface area contributed by atoms with Crippen LogP contribution in [0.4, 0.5) is 23.8 Å². The van der Waals surface area contributed by atoms with Crippen LogP contribution in [0.1, 0.15) is 44.6 Å². The van der Waals surface area contributed by atoms with Gasteiger partial charge in [0.15, 0.2) is 5.82 Å². The van der Waals surface area contributed by atoms with E-state index >= 15 is 8.78 Å². The van der Waals surface area contributed by atoms with Crippen LogP contribution < -0.4 is 15.0 Å². The molecule has 0 radical (unpaired) electrons. The van der Waals surface area contributed by atoms with Crippen molar-refractivity contribution in [1.29, 1.82) is 0 Å². The number of hydrogen-bond donors (Lipinski definition) is 1. The number of aromatic nitrogens is 3. The van der Waals surface area contributed by atoms with Gasteiger partial charge in [0, 0.05) is 44.2 Å². The van der Waals surface area contributed by atoms with E-state index in [4.69, 9.17) is 14.5 Å². The number of hydrogen-bond acceptors (Lipinski definition) is 8. The third kappa shape index (κ3) is 4.88. The maximum Gasteiger partial charge on any atom is 0.407 e. The zero-order chi connectivity index (χ0) is 31.6. The lowest BCUT2D eigenvalue weighted by Gasteiger charge is -2.41. The summed E-state index contributed by atoms with van der Waals surface area (Å²) < 4.78 is 58.5. The standard InChI is InChI=1S/C34H35F3N6O3/c1-33-10-3-12-42(18-33)30-24-16-38-28(23-6-2-5-20-7-8-25(36)22(26(20)23)9-14-45-32(44)41-33)27(37)29(24)39-31(40-30)46-19-34-11-4-13-43(34)17-21(35)15-34/h2,5-8,16,21H,3-4,9-15,17-19H2,1H3,(H,41,44)/t21-,33-,34+/m1/s1. The first-order chi connectivity index (χ1) is 22.2. The van der Waals surface area contributed by atoms with Crippen molar-refractivity contribution in [1.82, 2.24) is 25.2 Å². The maximum absolute atomic E-state index is 16.9. The van der Waals surface area contributed by atoms with E-state index in [0.717, 1.165) is 25.8 Å². The average molecular weight is 633 g/mol. The number of benzene rings is 2. The molecular weight excluding hydrogens is 597 g/mol. The number of ether oxygens (including phenoxy) is 2. The highest BCUT2D eigenvalue weighted by Crippen LogP contribution is 2.41. The summed E-state index contributed by atoms with van der Waals surface area (Å²) in [5.41, 5.74) is -0.368. The Kier molecular flexibility index (Phi) is 6.97. The van der Waals surface area contributed by atoms with Crippen molar-refractivity contribution in [2.45, 2.75) is 62.7 Å². The normalized spacial score (nSPS) is 26.5. The summed E-state index contributed by atoms with van der Waals surface area (Å²) in [4.78, 5) is 31.1. The molecule has 240 valence electrons. The van der Waals surface area contributed by atoms with E-state index in [1.165, 1.54) is 6.07 Å². The van der Waals surface area contributed by atoms with Crippen LogP contribution in [0.25, 0.3) is 32.9 Å². The van der Waals surface area contributed by atoms with E-state index in [0.29, 0.717) is 65.6 Å². The predicted octanol–water partition coefficient (Wildman–Crippen LogP) is 5.72. The van der Waals surface area contributed by atoms with Gasteiger partial charge in [-0.3, -0.25) is 9.88 Å². The van der Waals surface area contributed by atoms with Crippen LogP contribution in [0, 0.1) is 11.6 Å². The number of halogens is 3. The quantitative estimate of drug-likeness (QED) is 0.307. The second-order valence-corrected chi connectivity index (χ2v) is 13.4. The minimum atomic E-state index is -0.921. The second-order valence-electron chi connectivity index (χ2n) is 13.4. The summed E-state index contributed by atoms with van der Waals surface area (Å²) in [5.74, 6) is -0.717. The summed E-state index contributed by atoms with van der Waals surface area (Å²) >= 11 is 0. The van der Waals surface area contributed by atoms with E-state index in [9.17, 15) is 9.18 Å². The minimum absolute atomic E-state index is 0.00695. The molecule has 2 aromatic carbocycles. The molecule has 12 heteroatoms. The summed E-state index contributed by atoms with van der Waals surface area (Å²) in [7, 11) is 0. The van der Waals surface area contributed by atoms with E-state index in [-0.39, 0.29) is 36.9 Å². The smallest absolute Gasteiger partial charge is 0.407 e. The van der Waals surface area contributed by atoms with Crippen LogP contribution in [-0.2, 0) is 11.2 Å². The third-order valence-electron chi connectivity index (χ3n) is 10.2. The van der Waals surface area contributed by atoms with E-state index < -0.39 is 35.0 Å². The number of alkyl carbamates (subject to hydrolysis) is 1. The molecular formula is C34H35F3N6O3. The highest BCUT2D eigenvalue weighted by Gasteiger charge is 2.49. The Labute approximate surface area is 264 Å². The number of nitrogens with zero attached hydrogens (tertiary/aromatic N) is 5. The van der Waals surface area contributed by atoms with Crippen molar-refractivity contribution in [2.75, 3.05) is 44.3 Å². The van der Waals surface area contributed by atoms with Gasteiger partial charge in [0.1, 0.15) is 35.6 Å². The Morgan fingerprint density at radius 1 is 1.13 bits per heavy atom. The molecule has 9 rings (SSSR count). The third-order valence-corrected chi connectivity index (χ3v) is 10.2. The lowest BCUT2D eigenvalue weighted by atomic mass is 9.91. The number of nitrogens with one attached hydrogen (secondary N) is 1. The first kappa shape index (κ1) is 29.2. The summed E-state index contributed by atoms with van der Waals surface area (Å²) in [6, 6.07) is 8.30. The number of rotatable bonds is 3. The number of pyridine rings is 1. The highest BCUT2D eigenvalue weighted by molar-refractivity contribution is 6.01. The molecule has 0 spiro atoms. The van der Waals surface area contributed by atoms with Crippen molar-refractivity contribution < 1.29 is 27.4 Å². The van der Waals surface area contributed by atoms with E-state index in [1.807, 2.05) is 17.9 Å². The molecule has 5 aliphatic rings. The summed E-state index contributed by atoms with van der Waals surface area (Å²) in [6.07, 6.45) is 3.70. The molecule has 0 aliphatic carbocycles. The van der Waals surface area contributed by atoms with Crippen molar-refractivity contribution in [3.05, 3.63) is 53.7 Å². The van der Waals surface area contributed by atoms with Crippen molar-refractivity contribution >= 4 is 33.6 Å². The van der Waals surface area contributed by atoms with Crippen molar-refractivity contribution in [3.63, 3.8) is 0 Å². The first-order valence-corrected chi connectivity index (χ1v) is 16.0. The predicted molar refractivity (Wildman–Crippen MR) is 167 cm³/mol. The SMILES string of the molecule is C[C@@]12CCCN(C1)c1nc(OC[C@@]34CCCN3C[C@H](F)C4)nc3c(F)c(ncc13)-c1cccc3ccc(F)c(c13)CCOC(=O)N2. The molecule has 1 N–H and O–H groups in total. The topological polar surface area (TPSA) is 92.7 Å². The fraction of sp³-hybridized carbons (Fsp3) is 0.471. The zero-order valence-electron chi connectivity index (χ0n) is 25.6. The van der Waals surface area contributed by atoms with Gasteiger partial charge in [0.05, 0.1) is 23.1 Å². The number of anilines is 1. The summed E-state index contributed by atoms with van der Waals surface area (Å²) in [5, 5.41) is 4.59. The molecule has 2 aromatic heterocycles. The van der Waals surface area contributed by atoms with Gasteiger partial charge >= 0.3 is 12.1 Å². The number of alkyl halides is 1. The number of carbonyl (C=O) groups is 1. The van der Waals surface area contributed by atoms with Crippen LogP contribution >= 0.6 is 0 Å². The van der Waals surface area contributed by atoms with Crippen LogP contribution in [-0.4, -0.2) is 82.6 Å². The number of carbonyl (C=O) groups excluding carboxylic acids is 1. The van der Waals surface area contributed by atoms with Crippen LogP contribution in [0.15, 0.2) is 36.5 Å². The molecule has 46 heavy (non-hydrogen) atoms. The number of amides is 1. The molecule has 7 heterocycles. The summed E-state index contributed by atoms with van der Waals surface area (Å²) in [6.45, 7) is 4.23. The zero-order valence-corrected chi connectivity index (χ0v) is 25.6. The van der Waals surface area contributed by atoms with E-state index in [2.05, 4.69) is 20.2 Å². The average Bonchev–Trinajstić information content (AvgIpc) is 3.56. The molecule has 6 bridgehead atoms. The largest absolute Gasteiger partial charge is 0.461 e. The van der Waals surface area contributed by atoms with Gasteiger partial charge in [-0.1, -0.05) is 24.3 Å². The lowest BCUT2D eigenvalue weighted by molar-refractivity contribution is 0.107.